The van der Waals surface area contributed by atoms with E-state index < -0.39 is 0 Å². The quantitative estimate of drug-likeness (QED) is 0.488. The monoisotopic (exact) mass is 302 g/mol. The van der Waals surface area contributed by atoms with Crippen molar-refractivity contribution in [1.82, 2.24) is 4.90 Å². The van der Waals surface area contributed by atoms with Gasteiger partial charge in [-0.3, -0.25) is 4.90 Å². The number of azide groups is 1. The van der Waals surface area contributed by atoms with Gasteiger partial charge in [-0.05, 0) is 23.9 Å². The predicted octanol–water partition coefficient (Wildman–Crippen LogP) is 2.87. The summed E-state index contributed by atoms with van der Waals surface area (Å²) in [7, 11) is 0. The van der Waals surface area contributed by atoms with Gasteiger partial charge in [0.15, 0.2) is 0 Å². The first-order chi connectivity index (χ1) is 10.8. The Morgan fingerprint density at radius 2 is 2.00 bits per heavy atom. The van der Waals surface area contributed by atoms with Crippen molar-refractivity contribution in [2.24, 2.45) is 5.11 Å². The number of piperidine rings is 1. The number of morpholine rings is 1. The van der Waals surface area contributed by atoms with E-state index in [0.29, 0.717) is 26.1 Å². The topological polar surface area (TPSA) is 87.5 Å². The minimum Gasteiger partial charge on any atom is -0.445 e. The zero-order valence-electron chi connectivity index (χ0n) is 12.2. The molecule has 2 bridgehead atoms. The van der Waals surface area contributed by atoms with Crippen molar-refractivity contribution in [1.29, 1.82) is 0 Å². The highest BCUT2D eigenvalue weighted by Gasteiger charge is 2.42. The molecule has 3 rings (SSSR count). The zero-order chi connectivity index (χ0) is 15.4. The number of fused-ring (bicyclic) bond motifs is 2. The normalized spacial score (nSPS) is 26.9. The molecule has 1 aromatic rings. The van der Waals surface area contributed by atoms with Crippen LogP contribution in [0.4, 0.5) is 4.79 Å². The first kappa shape index (κ1) is 14.7. The number of rotatable bonds is 3. The number of carbonyl (C=O) groups excluding carboxylic acids is 1. The first-order valence-corrected chi connectivity index (χ1v) is 7.39. The fourth-order valence-corrected chi connectivity index (χ4v) is 3.15. The second kappa shape index (κ2) is 6.68. The van der Waals surface area contributed by atoms with Gasteiger partial charge in [-0.15, -0.1) is 0 Å². The van der Waals surface area contributed by atoms with E-state index in [4.69, 9.17) is 15.0 Å². The second-order valence-corrected chi connectivity index (χ2v) is 5.62. The molecule has 7 nitrogen and oxygen atoms in total. The average Bonchev–Trinajstić information content (AvgIpc) is 2.53. The van der Waals surface area contributed by atoms with Gasteiger partial charge in [0.2, 0.25) is 0 Å². The Balaban J connectivity index is 1.63. The highest BCUT2D eigenvalue weighted by atomic mass is 16.6. The van der Waals surface area contributed by atoms with Crippen molar-refractivity contribution in [2.75, 3.05) is 13.2 Å². The largest absolute Gasteiger partial charge is 0.445 e. The van der Waals surface area contributed by atoms with Gasteiger partial charge in [-0.2, -0.15) is 0 Å². The van der Waals surface area contributed by atoms with Crippen molar-refractivity contribution < 1.29 is 14.3 Å². The zero-order valence-corrected chi connectivity index (χ0v) is 12.2. The lowest BCUT2D eigenvalue weighted by molar-refractivity contribution is -0.0703. The smallest absolute Gasteiger partial charge is 0.410 e. The van der Waals surface area contributed by atoms with E-state index in [1.54, 1.807) is 4.90 Å². The molecule has 2 saturated heterocycles. The number of hydrogen-bond acceptors (Lipinski definition) is 4. The number of carbonyl (C=O) groups is 1. The molecule has 2 unspecified atom stereocenters. The van der Waals surface area contributed by atoms with Crippen LogP contribution in [-0.4, -0.2) is 42.3 Å². The van der Waals surface area contributed by atoms with Crippen LogP contribution < -0.4 is 0 Å². The fraction of sp³-hybridized carbons (Fsp3) is 0.533. The van der Waals surface area contributed by atoms with Crippen LogP contribution >= 0.6 is 0 Å². The summed E-state index contributed by atoms with van der Waals surface area (Å²) < 4.78 is 10.9. The van der Waals surface area contributed by atoms with Crippen LogP contribution in [0, 0.1) is 0 Å². The molecule has 22 heavy (non-hydrogen) atoms. The maximum atomic E-state index is 12.4. The Hall–Kier alpha value is -2.24. The lowest BCUT2D eigenvalue weighted by Crippen LogP contribution is -2.59. The van der Waals surface area contributed by atoms with Crippen molar-refractivity contribution in [3.8, 4) is 0 Å². The van der Waals surface area contributed by atoms with E-state index in [0.717, 1.165) is 5.56 Å². The molecule has 2 fully saturated rings. The highest BCUT2D eigenvalue weighted by Crippen LogP contribution is 2.30. The van der Waals surface area contributed by atoms with Crippen LogP contribution in [0.2, 0.25) is 0 Å². The van der Waals surface area contributed by atoms with E-state index in [1.165, 1.54) is 0 Å². The molecule has 0 spiro atoms. The Morgan fingerprint density at radius 3 is 2.64 bits per heavy atom. The van der Waals surface area contributed by atoms with E-state index >= 15 is 0 Å². The molecule has 116 valence electrons. The minimum absolute atomic E-state index is 0.0675. The predicted molar refractivity (Wildman–Crippen MR) is 79.0 cm³/mol. The average molecular weight is 302 g/mol. The van der Waals surface area contributed by atoms with Crippen LogP contribution in [0.3, 0.4) is 0 Å². The molecule has 2 atom stereocenters. The molecule has 0 saturated carbocycles. The summed E-state index contributed by atoms with van der Waals surface area (Å²) in [5.41, 5.74) is 9.55. The minimum atomic E-state index is -0.318. The van der Waals surface area contributed by atoms with Crippen molar-refractivity contribution in [3.05, 3.63) is 46.3 Å². The summed E-state index contributed by atoms with van der Waals surface area (Å²) in [6, 6.07) is 9.37. The van der Waals surface area contributed by atoms with Crippen LogP contribution in [-0.2, 0) is 16.1 Å². The molecule has 0 aliphatic carbocycles. The molecule has 7 heteroatoms. The van der Waals surface area contributed by atoms with Gasteiger partial charge in [0.1, 0.15) is 6.61 Å². The molecular weight excluding hydrogens is 284 g/mol. The third kappa shape index (κ3) is 3.16. The molecule has 0 radical (unpaired) electrons. The summed E-state index contributed by atoms with van der Waals surface area (Å²) in [4.78, 5) is 17.0. The van der Waals surface area contributed by atoms with Gasteiger partial charge in [-0.1, -0.05) is 35.4 Å². The van der Waals surface area contributed by atoms with E-state index in [9.17, 15) is 4.79 Å². The molecule has 2 aliphatic heterocycles. The summed E-state index contributed by atoms with van der Waals surface area (Å²) in [5.74, 6) is 0. The molecule has 0 aromatic heterocycles. The third-order valence-electron chi connectivity index (χ3n) is 4.13. The Kier molecular flexibility index (Phi) is 4.46. The van der Waals surface area contributed by atoms with Crippen molar-refractivity contribution in [3.63, 3.8) is 0 Å². The molecule has 1 amide bonds. The number of amides is 1. The highest BCUT2D eigenvalue weighted by molar-refractivity contribution is 5.69. The summed E-state index contributed by atoms with van der Waals surface area (Å²) >= 11 is 0. The van der Waals surface area contributed by atoms with E-state index in [2.05, 4.69) is 10.0 Å². The van der Waals surface area contributed by atoms with E-state index in [1.807, 2.05) is 30.3 Å². The van der Waals surface area contributed by atoms with Gasteiger partial charge in [0, 0.05) is 11.0 Å². The number of nitrogens with zero attached hydrogens (tertiary/aromatic N) is 4. The number of benzene rings is 1. The Morgan fingerprint density at radius 1 is 1.32 bits per heavy atom. The van der Waals surface area contributed by atoms with Gasteiger partial charge in [-0.25, -0.2) is 4.79 Å². The fourth-order valence-electron chi connectivity index (χ4n) is 3.15. The molecular formula is C15H18N4O3. The maximum absolute atomic E-state index is 12.4. The van der Waals surface area contributed by atoms with E-state index in [-0.39, 0.29) is 30.8 Å². The van der Waals surface area contributed by atoms with Gasteiger partial charge >= 0.3 is 6.09 Å². The van der Waals surface area contributed by atoms with Crippen LogP contribution in [0.15, 0.2) is 35.4 Å². The second-order valence-electron chi connectivity index (χ2n) is 5.62. The molecule has 1 aromatic carbocycles. The third-order valence-corrected chi connectivity index (χ3v) is 4.13. The van der Waals surface area contributed by atoms with Crippen LogP contribution in [0.5, 0.6) is 0 Å². The molecule has 0 N–H and O–H groups in total. The molecule has 2 aliphatic rings. The number of ether oxygens (including phenoxy) is 2. The van der Waals surface area contributed by atoms with Crippen LogP contribution in [0.25, 0.3) is 10.4 Å². The lowest BCUT2D eigenvalue weighted by atomic mass is 9.91. The summed E-state index contributed by atoms with van der Waals surface area (Å²) in [5, 5.41) is 3.80. The lowest BCUT2D eigenvalue weighted by Gasteiger charge is -2.46. The van der Waals surface area contributed by atoms with Crippen molar-refractivity contribution >= 4 is 6.09 Å². The Labute approximate surface area is 128 Å². The summed E-state index contributed by atoms with van der Waals surface area (Å²) in [6.07, 6.45) is 0.934. The first-order valence-electron chi connectivity index (χ1n) is 7.39. The van der Waals surface area contributed by atoms with Gasteiger partial charge in [0.05, 0.1) is 25.3 Å². The van der Waals surface area contributed by atoms with Gasteiger partial charge in [0.25, 0.3) is 0 Å². The van der Waals surface area contributed by atoms with Crippen LogP contribution in [0.1, 0.15) is 18.4 Å². The SMILES string of the molecule is [N-]=[N+]=NC1CC2COCC(C1)N2C(=O)OCc1ccccc1. The summed E-state index contributed by atoms with van der Waals surface area (Å²) in [6.45, 7) is 1.19. The van der Waals surface area contributed by atoms with Crippen molar-refractivity contribution in [2.45, 2.75) is 37.6 Å². The number of hydrogen-bond donors (Lipinski definition) is 0. The molecule has 2 heterocycles. The standard InChI is InChI=1S/C15H18N4O3/c16-18-17-12-6-13-9-21-10-14(7-12)19(13)15(20)22-8-11-4-2-1-3-5-11/h1-5,12-14H,6-10H2. The van der Waals surface area contributed by atoms with Gasteiger partial charge < -0.3 is 9.47 Å². The Bertz CT molecular complexity index is 559. The maximum Gasteiger partial charge on any atom is 0.410 e.